The highest BCUT2D eigenvalue weighted by Gasteiger charge is 2.25. The molecule has 0 amide bonds. The van der Waals surface area contributed by atoms with E-state index in [2.05, 4.69) is 54.0 Å². The van der Waals surface area contributed by atoms with Gasteiger partial charge in [-0.3, -0.25) is 0 Å². The van der Waals surface area contributed by atoms with Crippen LogP contribution in [0.1, 0.15) is 24.8 Å². The molecular weight excluding hydrogens is 250 g/mol. The monoisotopic (exact) mass is 271 g/mol. The van der Waals surface area contributed by atoms with Crippen molar-refractivity contribution >= 4 is 22.5 Å². The van der Waals surface area contributed by atoms with Gasteiger partial charge in [0.2, 0.25) is 0 Å². The van der Waals surface area contributed by atoms with E-state index in [-0.39, 0.29) is 0 Å². The molecule has 1 N–H and O–H groups in total. The summed E-state index contributed by atoms with van der Waals surface area (Å²) in [5, 5.41) is 7.22. The number of hydrogen-bond donors (Lipinski definition) is 1. The van der Waals surface area contributed by atoms with Gasteiger partial charge in [0.1, 0.15) is 0 Å². The largest absolute Gasteiger partial charge is 0.309 e. The predicted molar refractivity (Wildman–Crippen MR) is 85.7 cm³/mol. The number of rotatable bonds is 4. The van der Waals surface area contributed by atoms with Crippen molar-refractivity contribution in [3.05, 3.63) is 48.0 Å². The zero-order chi connectivity index (χ0) is 13.1. The third-order valence-electron chi connectivity index (χ3n) is 4.14. The maximum absolute atomic E-state index is 3.74. The van der Waals surface area contributed by atoms with E-state index in [9.17, 15) is 0 Å². The molecule has 1 saturated carbocycles. The quantitative estimate of drug-likeness (QED) is 0.894. The summed E-state index contributed by atoms with van der Waals surface area (Å²) < 4.78 is 0. The van der Waals surface area contributed by atoms with Gasteiger partial charge in [-0.25, -0.2) is 0 Å². The third kappa shape index (κ3) is 2.96. The first-order valence-corrected chi connectivity index (χ1v) is 8.39. The molecule has 2 heteroatoms. The number of thioether (sulfide) groups is 1. The van der Waals surface area contributed by atoms with E-state index in [1.54, 1.807) is 0 Å². The summed E-state index contributed by atoms with van der Waals surface area (Å²) in [5.74, 6) is 0. The van der Waals surface area contributed by atoms with E-state index in [0.29, 0.717) is 6.04 Å². The van der Waals surface area contributed by atoms with Gasteiger partial charge in [-0.2, -0.15) is 11.8 Å². The van der Waals surface area contributed by atoms with Gasteiger partial charge >= 0.3 is 0 Å². The van der Waals surface area contributed by atoms with Crippen LogP contribution < -0.4 is 5.32 Å². The van der Waals surface area contributed by atoms with E-state index >= 15 is 0 Å². The second kappa shape index (κ2) is 5.98. The molecule has 19 heavy (non-hydrogen) atoms. The molecule has 0 bridgehead atoms. The van der Waals surface area contributed by atoms with Crippen LogP contribution in [0.15, 0.2) is 42.5 Å². The van der Waals surface area contributed by atoms with Crippen molar-refractivity contribution in [3.8, 4) is 0 Å². The van der Waals surface area contributed by atoms with E-state index in [0.717, 1.165) is 11.8 Å². The highest BCUT2D eigenvalue weighted by Crippen LogP contribution is 2.28. The number of hydrogen-bond acceptors (Lipinski definition) is 2. The molecule has 0 aromatic heterocycles. The number of nitrogens with one attached hydrogen (secondary N) is 1. The molecule has 0 aliphatic heterocycles. The minimum Gasteiger partial charge on any atom is -0.309 e. The summed E-state index contributed by atoms with van der Waals surface area (Å²) in [6.45, 7) is 0.993. The Bertz CT molecular complexity index is 552. The second-order valence-corrected chi connectivity index (χ2v) is 6.45. The minimum absolute atomic E-state index is 0.696. The molecular formula is C17H21NS. The van der Waals surface area contributed by atoms with E-state index in [1.807, 2.05) is 11.8 Å². The van der Waals surface area contributed by atoms with Crippen molar-refractivity contribution in [2.24, 2.45) is 0 Å². The van der Waals surface area contributed by atoms with Crippen LogP contribution in [0.25, 0.3) is 10.8 Å². The highest BCUT2D eigenvalue weighted by atomic mass is 32.2. The van der Waals surface area contributed by atoms with E-state index in [1.165, 1.54) is 35.6 Å². The Morgan fingerprint density at radius 3 is 2.79 bits per heavy atom. The smallest absolute Gasteiger partial charge is 0.0208 e. The molecule has 2 unspecified atom stereocenters. The second-order valence-electron chi connectivity index (χ2n) is 5.37. The molecule has 3 rings (SSSR count). The summed E-state index contributed by atoms with van der Waals surface area (Å²) in [7, 11) is 0. The average molecular weight is 271 g/mol. The molecule has 100 valence electrons. The van der Waals surface area contributed by atoms with Crippen molar-refractivity contribution in [1.82, 2.24) is 5.32 Å². The fourth-order valence-corrected chi connectivity index (χ4v) is 4.00. The summed E-state index contributed by atoms with van der Waals surface area (Å²) in [5.41, 5.74) is 1.39. The first-order chi connectivity index (χ1) is 9.36. The van der Waals surface area contributed by atoms with Crippen molar-refractivity contribution in [1.29, 1.82) is 0 Å². The van der Waals surface area contributed by atoms with Crippen LogP contribution in [0.4, 0.5) is 0 Å². The summed E-state index contributed by atoms with van der Waals surface area (Å²) in [6.07, 6.45) is 6.32. The minimum atomic E-state index is 0.696. The lowest BCUT2D eigenvalue weighted by Gasteiger charge is -2.19. The standard InChI is InChI=1S/C17H21NS/c1-19-17-8-4-7-16(17)18-12-13-9-10-14-5-2-3-6-15(14)11-13/h2-3,5-6,9-11,16-18H,4,7-8,12H2,1H3. The van der Waals surface area contributed by atoms with Gasteiger partial charge in [0.25, 0.3) is 0 Å². The maximum Gasteiger partial charge on any atom is 0.0208 e. The third-order valence-corrected chi connectivity index (χ3v) is 5.31. The van der Waals surface area contributed by atoms with Crippen LogP contribution in [0.5, 0.6) is 0 Å². The molecule has 2 atom stereocenters. The van der Waals surface area contributed by atoms with Gasteiger partial charge in [-0.1, -0.05) is 42.8 Å². The fourth-order valence-electron chi connectivity index (χ4n) is 3.04. The molecule has 0 spiro atoms. The number of benzene rings is 2. The van der Waals surface area contributed by atoms with Crippen molar-refractivity contribution in [3.63, 3.8) is 0 Å². The summed E-state index contributed by atoms with van der Waals surface area (Å²) >= 11 is 2.02. The zero-order valence-corrected chi connectivity index (χ0v) is 12.2. The van der Waals surface area contributed by atoms with Crippen molar-refractivity contribution in [2.75, 3.05) is 6.26 Å². The van der Waals surface area contributed by atoms with Crippen LogP contribution in [0.2, 0.25) is 0 Å². The first kappa shape index (κ1) is 13.0. The zero-order valence-electron chi connectivity index (χ0n) is 11.4. The Balaban J connectivity index is 1.68. The molecule has 0 radical (unpaired) electrons. The van der Waals surface area contributed by atoms with Crippen LogP contribution in [-0.4, -0.2) is 17.5 Å². The highest BCUT2D eigenvalue weighted by molar-refractivity contribution is 7.99. The van der Waals surface area contributed by atoms with Crippen LogP contribution in [0, 0.1) is 0 Å². The van der Waals surface area contributed by atoms with Gasteiger partial charge < -0.3 is 5.32 Å². The molecule has 0 saturated heterocycles. The predicted octanol–water partition coefficient (Wildman–Crippen LogP) is 4.21. The average Bonchev–Trinajstić information content (AvgIpc) is 2.92. The van der Waals surface area contributed by atoms with Gasteiger partial charge in [-0.15, -0.1) is 0 Å². The normalized spacial score (nSPS) is 23.0. The Morgan fingerprint density at radius 2 is 1.95 bits per heavy atom. The molecule has 0 heterocycles. The Morgan fingerprint density at radius 1 is 1.11 bits per heavy atom. The van der Waals surface area contributed by atoms with Crippen LogP contribution >= 0.6 is 11.8 Å². The fraction of sp³-hybridized carbons (Fsp3) is 0.412. The molecule has 2 aromatic carbocycles. The molecule has 1 aliphatic carbocycles. The maximum atomic E-state index is 3.74. The van der Waals surface area contributed by atoms with Gasteiger partial charge in [0.05, 0.1) is 0 Å². The summed E-state index contributed by atoms with van der Waals surface area (Å²) in [4.78, 5) is 0. The van der Waals surface area contributed by atoms with Crippen LogP contribution in [-0.2, 0) is 6.54 Å². The molecule has 1 aliphatic rings. The SMILES string of the molecule is CSC1CCCC1NCc1ccc2ccccc2c1. The van der Waals surface area contributed by atoms with Gasteiger partial charge in [0.15, 0.2) is 0 Å². The number of fused-ring (bicyclic) bond motifs is 1. The Kier molecular flexibility index (Phi) is 4.09. The van der Waals surface area contributed by atoms with Crippen molar-refractivity contribution in [2.45, 2.75) is 37.1 Å². The summed E-state index contributed by atoms with van der Waals surface area (Å²) in [6, 6.07) is 16.1. The Labute approximate surface area is 119 Å². The van der Waals surface area contributed by atoms with Crippen molar-refractivity contribution < 1.29 is 0 Å². The van der Waals surface area contributed by atoms with Gasteiger partial charge in [0, 0.05) is 17.8 Å². The topological polar surface area (TPSA) is 12.0 Å². The molecule has 1 nitrogen and oxygen atoms in total. The Hall–Kier alpha value is -0.990. The van der Waals surface area contributed by atoms with Gasteiger partial charge in [-0.05, 0) is 41.5 Å². The molecule has 2 aromatic rings. The van der Waals surface area contributed by atoms with Crippen LogP contribution in [0.3, 0.4) is 0 Å². The lowest BCUT2D eigenvalue weighted by atomic mass is 10.1. The lowest BCUT2D eigenvalue weighted by Crippen LogP contribution is -2.33. The lowest BCUT2D eigenvalue weighted by molar-refractivity contribution is 0.532. The first-order valence-electron chi connectivity index (χ1n) is 7.10. The van der Waals surface area contributed by atoms with E-state index < -0.39 is 0 Å². The van der Waals surface area contributed by atoms with E-state index in [4.69, 9.17) is 0 Å². The molecule has 1 fully saturated rings.